The molecule has 2 aliphatic carbocycles. The molecule has 2 aliphatic rings. The minimum Gasteiger partial charge on any atom is -0.0649 e. The average Bonchev–Trinajstić information content (AvgIpc) is 2.82. The molecule has 1 aromatic rings. The molecule has 0 aliphatic heterocycles. The van der Waals surface area contributed by atoms with E-state index in [9.17, 15) is 0 Å². The van der Waals surface area contributed by atoms with Gasteiger partial charge < -0.3 is 0 Å². The Bertz CT molecular complexity index is 551. The topological polar surface area (TPSA) is 0 Å². The summed E-state index contributed by atoms with van der Waals surface area (Å²) in [4.78, 5) is 0. The highest BCUT2D eigenvalue weighted by molar-refractivity contribution is 5.85. The first kappa shape index (κ1) is 10.6. The summed E-state index contributed by atoms with van der Waals surface area (Å²) in [6.45, 7) is 6.95. The van der Waals surface area contributed by atoms with E-state index in [1.54, 1.807) is 0 Å². The van der Waals surface area contributed by atoms with Crippen LogP contribution in [-0.2, 0) is 0 Å². The van der Waals surface area contributed by atoms with Gasteiger partial charge in [-0.15, -0.1) is 0 Å². The Hall–Kier alpha value is -1.56. The molecule has 0 heteroatoms. The van der Waals surface area contributed by atoms with Gasteiger partial charge in [-0.1, -0.05) is 49.8 Å². The van der Waals surface area contributed by atoms with Crippen molar-refractivity contribution in [3.8, 4) is 0 Å². The Labute approximate surface area is 103 Å². The largest absolute Gasteiger partial charge is 0.0649 e. The second kappa shape index (κ2) is 3.46. The predicted molar refractivity (Wildman–Crippen MR) is 73.6 cm³/mol. The summed E-state index contributed by atoms with van der Waals surface area (Å²) >= 11 is 0. The van der Waals surface area contributed by atoms with Gasteiger partial charge in [0.25, 0.3) is 0 Å². The van der Waals surface area contributed by atoms with Crippen LogP contribution < -0.4 is 0 Å². The quantitative estimate of drug-likeness (QED) is 0.643. The van der Waals surface area contributed by atoms with Crippen molar-refractivity contribution in [2.75, 3.05) is 0 Å². The van der Waals surface area contributed by atoms with Crippen molar-refractivity contribution in [3.63, 3.8) is 0 Å². The second-order valence-corrected chi connectivity index (χ2v) is 5.78. The van der Waals surface area contributed by atoms with E-state index in [4.69, 9.17) is 0 Å². The highest BCUT2D eigenvalue weighted by Gasteiger charge is 2.35. The van der Waals surface area contributed by atoms with Crippen LogP contribution in [0.2, 0.25) is 0 Å². The third-order valence-corrected chi connectivity index (χ3v) is 3.89. The summed E-state index contributed by atoms with van der Waals surface area (Å²) in [5.41, 5.74) is 7.54. The molecular formula is C17H18. The number of rotatable bonds is 1. The van der Waals surface area contributed by atoms with Gasteiger partial charge in [-0.2, -0.15) is 0 Å². The Balaban J connectivity index is 2.08. The van der Waals surface area contributed by atoms with Crippen molar-refractivity contribution < 1.29 is 0 Å². The van der Waals surface area contributed by atoms with E-state index in [1.165, 1.54) is 34.3 Å². The molecule has 0 amide bonds. The summed E-state index contributed by atoms with van der Waals surface area (Å²) in [5.74, 6) is 0. The van der Waals surface area contributed by atoms with Crippen LogP contribution in [0.1, 0.15) is 32.8 Å². The van der Waals surface area contributed by atoms with E-state index in [2.05, 4.69) is 63.3 Å². The molecular weight excluding hydrogens is 204 g/mol. The number of benzene rings is 1. The zero-order chi connectivity index (χ0) is 12.0. The van der Waals surface area contributed by atoms with Crippen molar-refractivity contribution in [3.05, 3.63) is 64.8 Å². The smallest absolute Gasteiger partial charge is 0.00601 e. The zero-order valence-corrected chi connectivity index (χ0v) is 10.7. The van der Waals surface area contributed by atoms with Gasteiger partial charge in [-0.3, -0.25) is 0 Å². The minimum absolute atomic E-state index is 0.312. The fourth-order valence-corrected chi connectivity index (χ4v) is 3.07. The number of fused-ring (bicyclic) bond motifs is 1. The Morgan fingerprint density at radius 1 is 1.00 bits per heavy atom. The number of allylic oxidation sites excluding steroid dienone is 6. The maximum absolute atomic E-state index is 2.38. The van der Waals surface area contributed by atoms with Gasteiger partial charge in [0.15, 0.2) is 0 Å². The van der Waals surface area contributed by atoms with Crippen molar-refractivity contribution >= 4 is 5.57 Å². The normalized spacial score (nSPS) is 21.4. The average molecular weight is 222 g/mol. The summed E-state index contributed by atoms with van der Waals surface area (Å²) in [5, 5.41) is 0. The van der Waals surface area contributed by atoms with Gasteiger partial charge >= 0.3 is 0 Å². The van der Waals surface area contributed by atoms with E-state index in [0.29, 0.717) is 5.41 Å². The van der Waals surface area contributed by atoms with E-state index in [0.717, 1.165) is 0 Å². The fourth-order valence-electron chi connectivity index (χ4n) is 3.07. The van der Waals surface area contributed by atoms with Crippen molar-refractivity contribution in [1.29, 1.82) is 0 Å². The van der Waals surface area contributed by atoms with Crippen LogP contribution in [0.3, 0.4) is 0 Å². The molecule has 0 N–H and O–H groups in total. The molecule has 0 saturated carbocycles. The van der Waals surface area contributed by atoms with Crippen LogP contribution in [-0.4, -0.2) is 0 Å². The molecule has 0 spiro atoms. The maximum Gasteiger partial charge on any atom is -0.00601 e. The molecule has 86 valence electrons. The lowest BCUT2D eigenvalue weighted by Crippen LogP contribution is -2.08. The standard InChI is InChI=1S/C17H18/c1-12-11-17(2,3)16-10-14(9-15(12)16)13-7-5-4-6-8-13/h4-10H,11H2,1-3H3. The molecule has 0 radical (unpaired) electrons. The summed E-state index contributed by atoms with van der Waals surface area (Å²) in [7, 11) is 0. The summed E-state index contributed by atoms with van der Waals surface area (Å²) in [6.07, 6.45) is 5.93. The highest BCUT2D eigenvalue weighted by Crippen LogP contribution is 2.50. The molecule has 0 unspecified atom stereocenters. The number of hydrogen-bond acceptors (Lipinski definition) is 0. The first-order chi connectivity index (χ1) is 8.08. The molecule has 0 atom stereocenters. The van der Waals surface area contributed by atoms with Gasteiger partial charge in [-0.05, 0) is 53.2 Å². The van der Waals surface area contributed by atoms with Crippen LogP contribution in [0.4, 0.5) is 0 Å². The van der Waals surface area contributed by atoms with E-state index < -0.39 is 0 Å². The molecule has 17 heavy (non-hydrogen) atoms. The maximum atomic E-state index is 2.38. The van der Waals surface area contributed by atoms with Gasteiger partial charge in [-0.25, -0.2) is 0 Å². The molecule has 0 fully saturated rings. The molecule has 0 nitrogen and oxygen atoms in total. The molecule has 0 saturated heterocycles. The molecule has 0 aromatic heterocycles. The Morgan fingerprint density at radius 3 is 2.35 bits per heavy atom. The van der Waals surface area contributed by atoms with Crippen molar-refractivity contribution in [2.45, 2.75) is 27.2 Å². The summed E-state index contributed by atoms with van der Waals surface area (Å²) < 4.78 is 0. The third kappa shape index (κ3) is 1.59. The lowest BCUT2D eigenvalue weighted by atomic mass is 9.84. The second-order valence-electron chi connectivity index (χ2n) is 5.78. The lowest BCUT2D eigenvalue weighted by Gasteiger charge is -2.19. The van der Waals surface area contributed by atoms with Crippen LogP contribution in [0.25, 0.3) is 5.57 Å². The lowest BCUT2D eigenvalue weighted by molar-refractivity contribution is 0.474. The van der Waals surface area contributed by atoms with E-state index in [1.807, 2.05) is 0 Å². The monoisotopic (exact) mass is 222 g/mol. The highest BCUT2D eigenvalue weighted by atomic mass is 14.4. The first-order valence-corrected chi connectivity index (χ1v) is 6.27. The Morgan fingerprint density at radius 2 is 1.71 bits per heavy atom. The fraction of sp³-hybridized carbons (Fsp3) is 0.294. The molecule has 0 heterocycles. The van der Waals surface area contributed by atoms with Gasteiger partial charge in [0.2, 0.25) is 0 Å². The van der Waals surface area contributed by atoms with Crippen molar-refractivity contribution in [1.82, 2.24) is 0 Å². The minimum atomic E-state index is 0.312. The van der Waals surface area contributed by atoms with E-state index in [-0.39, 0.29) is 0 Å². The van der Waals surface area contributed by atoms with Gasteiger partial charge in [0.05, 0.1) is 0 Å². The number of hydrogen-bond donors (Lipinski definition) is 0. The van der Waals surface area contributed by atoms with Gasteiger partial charge in [0, 0.05) is 0 Å². The van der Waals surface area contributed by atoms with Crippen LogP contribution in [0.15, 0.2) is 59.2 Å². The van der Waals surface area contributed by atoms with Crippen LogP contribution in [0, 0.1) is 5.41 Å². The van der Waals surface area contributed by atoms with Crippen LogP contribution in [0.5, 0.6) is 0 Å². The molecule has 0 bridgehead atoms. The molecule has 3 rings (SSSR count). The predicted octanol–water partition coefficient (Wildman–Crippen LogP) is 4.76. The Kier molecular flexibility index (Phi) is 2.16. The zero-order valence-electron chi connectivity index (χ0n) is 10.7. The summed E-state index contributed by atoms with van der Waals surface area (Å²) in [6, 6.07) is 10.7. The van der Waals surface area contributed by atoms with E-state index >= 15 is 0 Å². The van der Waals surface area contributed by atoms with Crippen LogP contribution >= 0.6 is 0 Å². The first-order valence-electron chi connectivity index (χ1n) is 6.27. The van der Waals surface area contributed by atoms with Crippen molar-refractivity contribution in [2.24, 2.45) is 5.41 Å². The molecule has 1 aromatic carbocycles. The third-order valence-electron chi connectivity index (χ3n) is 3.89. The van der Waals surface area contributed by atoms with Gasteiger partial charge in [0.1, 0.15) is 0 Å². The SMILES string of the molecule is CC1=C2C=C(c3ccccc3)C=C2C(C)(C)C1.